The van der Waals surface area contributed by atoms with Gasteiger partial charge in [-0.05, 0) is 19.9 Å². The first-order chi connectivity index (χ1) is 17.6. The van der Waals surface area contributed by atoms with Gasteiger partial charge in [-0.15, -0.1) is 0 Å². The Morgan fingerprint density at radius 2 is 1.74 bits per heavy atom. The van der Waals surface area contributed by atoms with Crippen LogP contribution in [0, 0.1) is 5.92 Å². The van der Waals surface area contributed by atoms with Crippen LogP contribution >= 0.6 is 0 Å². The Morgan fingerprint density at radius 3 is 2.29 bits per heavy atom. The van der Waals surface area contributed by atoms with E-state index in [0.717, 1.165) is 13.8 Å². The van der Waals surface area contributed by atoms with E-state index in [0.29, 0.717) is 0 Å². The normalized spacial score (nSPS) is 29.8. The number of hydrogen-bond donors (Lipinski definition) is 2. The van der Waals surface area contributed by atoms with Crippen LogP contribution in [-0.4, -0.2) is 83.3 Å². The molecule has 0 bridgehead atoms. The quantitative estimate of drug-likeness (QED) is 0.203. The predicted molar refractivity (Wildman–Crippen MR) is 129 cm³/mol. The van der Waals surface area contributed by atoms with Crippen molar-refractivity contribution in [3.8, 4) is 0 Å². The van der Waals surface area contributed by atoms with Gasteiger partial charge in [0.25, 0.3) is 0 Å². The van der Waals surface area contributed by atoms with Gasteiger partial charge in [0, 0.05) is 44.8 Å². The fourth-order valence-electron chi connectivity index (χ4n) is 4.40. The summed E-state index contributed by atoms with van der Waals surface area (Å²) in [7, 11) is 0. The molecular weight excluding hydrogens is 504 g/mol. The topological polar surface area (TPSA) is 172 Å². The molecule has 0 aromatic heterocycles. The Hall–Kier alpha value is -3.51. The minimum absolute atomic E-state index is 0.00338. The van der Waals surface area contributed by atoms with Crippen molar-refractivity contribution >= 4 is 29.8 Å². The fourth-order valence-corrected chi connectivity index (χ4v) is 4.40. The summed E-state index contributed by atoms with van der Waals surface area (Å²) in [6, 6.07) is 0. The second-order valence-corrected chi connectivity index (χ2v) is 9.48. The molecular formula is C26H34O12. The van der Waals surface area contributed by atoms with Crippen molar-refractivity contribution in [3.05, 3.63) is 35.5 Å². The summed E-state index contributed by atoms with van der Waals surface area (Å²) in [5, 5.41) is 21.8. The molecule has 6 atom stereocenters. The Balaban J connectivity index is 2.60. The van der Waals surface area contributed by atoms with E-state index >= 15 is 0 Å². The third kappa shape index (κ3) is 8.25. The minimum Gasteiger partial charge on any atom is -0.461 e. The number of carbonyl (C=O) groups is 5. The van der Waals surface area contributed by atoms with Gasteiger partial charge in [0.05, 0.1) is 23.2 Å². The Labute approximate surface area is 220 Å². The SMILES string of the molecule is C=C1C(=O)OC2C(OC(C)=O)C(COC(C)=O)=CC(O)CC(C)(O)CC(OC(=O)C(=CC)COC(C)=O)C12. The zero-order valence-electron chi connectivity index (χ0n) is 22.1. The average molecular weight is 539 g/mol. The van der Waals surface area contributed by atoms with Gasteiger partial charge in [0.15, 0.2) is 12.2 Å². The lowest BCUT2D eigenvalue weighted by molar-refractivity contribution is -0.166. The second-order valence-electron chi connectivity index (χ2n) is 9.48. The molecule has 6 unspecified atom stereocenters. The maximum Gasteiger partial charge on any atom is 0.337 e. The number of ether oxygens (including phenoxy) is 5. The summed E-state index contributed by atoms with van der Waals surface area (Å²) in [5.74, 6) is -4.89. The van der Waals surface area contributed by atoms with Gasteiger partial charge in [-0.1, -0.05) is 12.7 Å². The summed E-state index contributed by atoms with van der Waals surface area (Å²) < 4.78 is 26.7. The highest BCUT2D eigenvalue weighted by Gasteiger charge is 2.52. The molecule has 0 aromatic rings. The van der Waals surface area contributed by atoms with E-state index in [1.165, 1.54) is 32.9 Å². The molecule has 210 valence electrons. The first kappa shape index (κ1) is 30.7. The zero-order valence-corrected chi connectivity index (χ0v) is 22.1. The van der Waals surface area contributed by atoms with E-state index in [9.17, 15) is 34.2 Å². The molecule has 0 aromatic carbocycles. The summed E-state index contributed by atoms with van der Waals surface area (Å²) in [5.41, 5.74) is -1.65. The van der Waals surface area contributed by atoms with E-state index in [4.69, 9.17) is 23.7 Å². The molecule has 2 aliphatic rings. The van der Waals surface area contributed by atoms with E-state index in [1.807, 2.05) is 0 Å². The number of aliphatic hydroxyl groups excluding tert-OH is 1. The second kappa shape index (κ2) is 12.8. The van der Waals surface area contributed by atoms with Crippen LogP contribution in [0.1, 0.15) is 47.5 Å². The highest BCUT2D eigenvalue weighted by atomic mass is 16.6. The van der Waals surface area contributed by atoms with Crippen LogP contribution in [0.15, 0.2) is 35.5 Å². The predicted octanol–water partition coefficient (Wildman–Crippen LogP) is 0.832. The monoisotopic (exact) mass is 538 g/mol. The van der Waals surface area contributed by atoms with Crippen molar-refractivity contribution in [2.24, 2.45) is 5.92 Å². The van der Waals surface area contributed by atoms with Crippen LogP contribution in [0.25, 0.3) is 0 Å². The molecule has 38 heavy (non-hydrogen) atoms. The Kier molecular flexibility index (Phi) is 10.4. The molecule has 0 amide bonds. The summed E-state index contributed by atoms with van der Waals surface area (Å²) in [4.78, 5) is 60.5. The number of fused-ring (bicyclic) bond motifs is 1. The van der Waals surface area contributed by atoms with Crippen molar-refractivity contribution in [1.82, 2.24) is 0 Å². The molecule has 0 spiro atoms. The molecule has 1 fully saturated rings. The molecule has 1 aliphatic heterocycles. The summed E-state index contributed by atoms with van der Waals surface area (Å²) >= 11 is 0. The highest BCUT2D eigenvalue weighted by molar-refractivity contribution is 5.92. The average Bonchev–Trinajstić information content (AvgIpc) is 3.07. The number of hydrogen-bond acceptors (Lipinski definition) is 12. The van der Waals surface area contributed by atoms with Crippen LogP contribution in [0.5, 0.6) is 0 Å². The number of carbonyl (C=O) groups excluding carboxylic acids is 5. The van der Waals surface area contributed by atoms with Crippen molar-refractivity contribution in [2.75, 3.05) is 13.2 Å². The van der Waals surface area contributed by atoms with Crippen LogP contribution in [0.4, 0.5) is 0 Å². The van der Waals surface area contributed by atoms with Gasteiger partial charge < -0.3 is 33.9 Å². The van der Waals surface area contributed by atoms with Crippen molar-refractivity contribution < 1.29 is 57.9 Å². The van der Waals surface area contributed by atoms with E-state index in [2.05, 4.69) is 6.58 Å². The van der Waals surface area contributed by atoms with Gasteiger partial charge in [-0.2, -0.15) is 0 Å². The van der Waals surface area contributed by atoms with Gasteiger partial charge in [0.1, 0.15) is 19.3 Å². The summed E-state index contributed by atoms with van der Waals surface area (Å²) in [6.45, 7) is 9.38. The zero-order chi connectivity index (χ0) is 28.8. The molecule has 2 N–H and O–H groups in total. The number of esters is 5. The smallest absolute Gasteiger partial charge is 0.337 e. The first-order valence-corrected chi connectivity index (χ1v) is 12.0. The number of aliphatic hydroxyl groups is 2. The summed E-state index contributed by atoms with van der Waals surface area (Å²) in [6.07, 6.45) is -3.08. The van der Waals surface area contributed by atoms with Gasteiger partial charge in [-0.25, -0.2) is 9.59 Å². The maximum absolute atomic E-state index is 13.0. The molecule has 0 saturated carbocycles. The van der Waals surface area contributed by atoms with E-state index in [1.54, 1.807) is 0 Å². The third-order valence-electron chi connectivity index (χ3n) is 6.06. The van der Waals surface area contributed by atoms with E-state index in [-0.39, 0.29) is 36.2 Å². The number of rotatable bonds is 7. The van der Waals surface area contributed by atoms with Crippen LogP contribution in [-0.2, 0) is 47.7 Å². The standard InChI is InChI=1S/C26H34O12/c1-7-17(11-34-14(3)27)25(32)37-20-10-26(6,33)9-19(30)8-18(12-35-15(4)28)22(36-16(5)29)23-21(20)13(2)24(31)38-23/h7-8,19-23,30,33H,2,9-12H2,1,3-6H3. The maximum atomic E-state index is 13.0. The van der Waals surface area contributed by atoms with Crippen LogP contribution in [0.2, 0.25) is 0 Å². The Morgan fingerprint density at radius 1 is 1.11 bits per heavy atom. The molecule has 2 rings (SSSR count). The van der Waals surface area contributed by atoms with Crippen LogP contribution in [0.3, 0.4) is 0 Å². The molecule has 0 radical (unpaired) electrons. The molecule has 1 saturated heterocycles. The fraction of sp³-hybridized carbons (Fsp3) is 0.577. The van der Waals surface area contributed by atoms with E-state index < -0.39 is 72.4 Å². The lowest BCUT2D eigenvalue weighted by Gasteiger charge is -2.37. The lowest BCUT2D eigenvalue weighted by atomic mass is 9.78. The van der Waals surface area contributed by atoms with Gasteiger partial charge in [-0.3, -0.25) is 14.4 Å². The molecule has 12 heteroatoms. The van der Waals surface area contributed by atoms with Gasteiger partial charge >= 0.3 is 29.8 Å². The van der Waals surface area contributed by atoms with Crippen molar-refractivity contribution in [2.45, 2.75) is 77.5 Å². The number of allylic oxidation sites excluding steroid dienone is 1. The highest BCUT2D eigenvalue weighted by Crippen LogP contribution is 2.40. The Bertz CT molecular complexity index is 1040. The van der Waals surface area contributed by atoms with Crippen molar-refractivity contribution in [3.63, 3.8) is 0 Å². The third-order valence-corrected chi connectivity index (χ3v) is 6.06. The molecule has 1 heterocycles. The first-order valence-electron chi connectivity index (χ1n) is 12.0. The largest absolute Gasteiger partial charge is 0.461 e. The lowest BCUT2D eigenvalue weighted by Crippen LogP contribution is -2.47. The molecule has 1 aliphatic carbocycles. The van der Waals surface area contributed by atoms with Crippen molar-refractivity contribution in [1.29, 1.82) is 0 Å². The van der Waals surface area contributed by atoms with Crippen LogP contribution < -0.4 is 0 Å². The minimum atomic E-state index is -1.63. The molecule has 12 nitrogen and oxygen atoms in total. The van der Waals surface area contributed by atoms with Gasteiger partial charge in [0.2, 0.25) is 0 Å².